The van der Waals surface area contributed by atoms with E-state index in [1.165, 1.54) is 27.7 Å². The van der Waals surface area contributed by atoms with Crippen LogP contribution in [0.3, 0.4) is 0 Å². The van der Waals surface area contributed by atoms with Gasteiger partial charge in [-0.05, 0) is 61.1 Å². The Labute approximate surface area is 237 Å². The molecule has 0 aromatic heterocycles. The number of nitrogens with zero attached hydrogens (tertiary/aromatic N) is 1. The minimum atomic E-state index is -4.83. The maximum Gasteiger partial charge on any atom is 0.391 e. The highest BCUT2D eigenvalue weighted by Crippen LogP contribution is 2.32. The van der Waals surface area contributed by atoms with Crippen LogP contribution in [0.15, 0.2) is 0 Å². The highest BCUT2D eigenvalue weighted by Gasteiger charge is 2.41. The van der Waals surface area contributed by atoms with Crippen LogP contribution < -0.4 is 31.9 Å². The van der Waals surface area contributed by atoms with Crippen LogP contribution in [0.25, 0.3) is 0 Å². The van der Waals surface area contributed by atoms with Crippen LogP contribution in [0.5, 0.6) is 0 Å². The third-order valence-electron chi connectivity index (χ3n) is 6.40. The van der Waals surface area contributed by atoms with Crippen molar-refractivity contribution in [3.8, 4) is 0 Å². The fourth-order valence-corrected chi connectivity index (χ4v) is 4.17. The zero-order valence-electron chi connectivity index (χ0n) is 24.3. The van der Waals surface area contributed by atoms with Crippen LogP contribution >= 0.6 is 0 Å². The van der Waals surface area contributed by atoms with E-state index in [9.17, 15) is 41.9 Å². The van der Waals surface area contributed by atoms with Gasteiger partial charge in [-0.3, -0.25) is 28.8 Å². The van der Waals surface area contributed by atoms with Gasteiger partial charge < -0.3 is 36.8 Å². The normalized spacial score (nSPS) is 15.6. The second-order valence-corrected chi connectivity index (χ2v) is 11.6. The van der Waals surface area contributed by atoms with E-state index in [0.717, 1.165) is 19.3 Å². The zero-order valence-corrected chi connectivity index (χ0v) is 24.3. The molecule has 1 unspecified atom stereocenters. The topological polar surface area (TPSA) is 178 Å². The lowest BCUT2D eigenvalue weighted by Crippen LogP contribution is -2.64. The number of likely N-dealkylation sites (N-methyl/N-ethyl adjacent to an activating group) is 1. The van der Waals surface area contributed by atoms with Gasteiger partial charge in [0.1, 0.15) is 17.1 Å². The van der Waals surface area contributed by atoms with Crippen molar-refractivity contribution >= 4 is 35.9 Å². The van der Waals surface area contributed by atoms with Gasteiger partial charge in [0.2, 0.25) is 35.9 Å². The molecule has 0 saturated heterocycles. The summed E-state index contributed by atoms with van der Waals surface area (Å²) in [5.41, 5.74) is -3.59. The lowest BCUT2D eigenvalue weighted by molar-refractivity contribution is -0.152. The molecule has 6 N–H and O–H groups in total. The molecule has 41 heavy (non-hydrogen) atoms. The van der Waals surface area contributed by atoms with Gasteiger partial charge >= 0.3 is 6.18 Å². The first kappa shape index (κ1) is 35.6. The van der Waals surface area contributed by atoms with Gasteiger partial charge in [-0.15, -0.1) is 0 Å². The van der Waals surface area contributed by atoms with Crippen LogP contribution in [-0.2, 0) is 28.8 Å². The van der Waals surface area contributed by atoms with Gasteiger partial charge in [-0.25, -0.2) is 0 Å². The highest BCUT2D eigenvalue weighted by atomic mass is 19.4. The zero-order chi connectivity index (χ0) is 31.6. The van der Waals surface area contributed by atoms with Crippen molar-refractivity contribution in [1.82, 2.24) is 36.8 Å². The van der Waals surface area contributed by atoms with Crippen molar-refractivity contribution in [2.45, 2.75) is 88.6 Å². The number of hydrogen-bond donors (Lipinski definition) is 6. The molecule has 1 saturated carbocycles. The van der Waals surface area contributed by atoms with Crippen LogP contribution in [0.1, 0.15) is 59.8 Å². The number of halogens is 3. The van der Waals surface area contributed by atoms with E-state index in [1.807, 2.05) is 29.6 Å². The monoisotopic (exact) mass is 593 g/mol. The number of amides is 6. The molecule has 1 fully saturated rings. The predicted octanol–water partition coefficient (Wildman–Crippen LogP) is -0.934. The van der Waals surface area contributed by atoms with E-state index < -0.39 is 59.9 Å². The van der Waals surface area contributed by atoms with Crippen molar-refractivity contribution in [3.05, 3.63) is 0 Å². The van der Waals surface area contributed by atoms with Crippen LogP contribution in [-0.4, -0.2) is 103 Å². The van der Waals surface area contributed by atoms with Crippen molar-refractivity contribution in [3.63, 3.8) is 0 Å². The van der Waals surface area contributed by atoms with Gasteiger partial charge in [-0.2, -0.15) is 13.2 Å². The number of carbonyl (C=O) groups is 6. The Morgan fingerprint density at radius 3 is 2.00 bits per heavy atom. The van der Waals surface area contributed by atoms with E-state index in [4.69, 9.17) is 0 Å². The SMILES string of the molecule is CN(C)CC1(NC(=O)CCNC(=O)C(C)(C)NC(=O)C(C)(C)NC(=O)C(CC(F)(F)F)NC(=O)CNC=O)CCC1. The van der Waals surface area contributed by atoms with E-state index in [0.29, 0.717) is 6.54 Å². The van der Waals surface area contributed by atoms with E-state index >= 15 is 0 Å². The van der Waals surface area contributed by atoms with E-state index in [2.05, 4.69) is 21.3 Å². The molecular weight excluding hydrogens is 551 g/mol. The molecule has 234 valence electrons. The van der Waals surface area contributed by atoms with Crippen LogP contribution in [0.4, 0.5) is 13.2 Å². The van der Waals surface area contributed by atoms with Crippen LogP contribution in [0.2, 0.25) is 0 Å². The second kappa shape index (κ2) is 14.5. The summed E-state index contributed by atoms with van der Waals surface area (Å²) in [5.74, 6) is -4.08. The number of alkyl halides is 3. The molecule has 6 amide bonds. The molecule has 13 nitrogen and oxygen atoms in total. The molecule has 16 heteroatoms. The maximum atomic E-state index is 13.0. The number of hydrogen-bond acceptors (Lipinski definition) is 7. The van der Waals surface area contributed by atoms with Gasteiger partial charge in [0, 0.05) is 19.5 Å². The lowest BCUT2D eigenvalue weighted by atomic mass is 9.76. The standard InChI is InChI=1S/C25H42F3N7O6/c1-22(2,20(40)30-11-8-17(37)32-24(9-7-10-24)14-35(5)6)34-21(41)23(3,4)33-19(39)16(12-25(26,27)28)31-18(38)13-29-15-36/h15-16H,7-14H2,1-6H3,(H,29,36)(H,30,40)(H,31,38)(H,32,37)(H,33,39)(H,34,41). The molecule has 1 aliphatic carbocycles. The maximum absolute atomic E-state index is 13.0. The van der Waals surface area contributed by atoms with Crippen molar-refractivity contribution < 1.29 is 41.9 Å². The highest BCUT2D eigenvalue weighted by molar-refractivity contribution is 5.97. The van der Waals surface area contributed by atoms with Gasteiger partial charge in [0.05, 0.1) is 18.5 Å². The molecule has 0 radical (unpaired) electrons. The second-order valence-electron chi connectivity index (χ2n) is 11.6. The first-order valence-corrected chi connectivity index (χ1v) is 13.1. The summed E-state index contributed by atoms with van der Waals surface area (Å²) in [6, 6.07) is -2.08. The number of nitrogens with one attached hydrogen (secondary N) is 6. The predicted molar refractivity (Wildman–Crippen MR) is 142 cm³/mol. The summed E-state index contributed by atoms with van der Waals surface area (Å²) in [4.78, 5) is 74.8. The van der Waals surface area contributed by atoms with Crippen molar-refractivity contribution in [2.24, 2.45) is 0 Å². The molecule has 1 rings (SSSR count). The van der Waals surface area contributed by atoms with E-state index in [-0.39, 0.29) is 30.8 Å². The Morgan fingerprint density at radius 1 is 0.927 bits per heavy atom. The molecule has 1 aliphatic rings. The first-order chi connectivity index (χ1) is 18.7. The van der Waals surface area contributed by atoms with Crippen LogP contribution in [0, 0.1) is 0 Å². The molecule has 0 aliphatic heterocycles. The third kappa shape index (κ3) is 12.3. The molecule has 0 spiro atoms. The minimum absolute atomic E-state index is 0.0000779. The Morgan fingerprint density at radius 2 is 1.51 bits per heavy atom. The Balaban J connectivity index is 2.71. The smallest absolute Gasteiger partial charge is 0.354 e. The average molecular weight is 594 g/mol. The Kier molecular flexibility index (Phi) is 12.6. The lowest BCUT2D eigenvalue weighted by Gasteiger charge is -2.44. The fourth-order valence-electron chi connectivity index (χ4n) is 4.17. The largest absolute Gasteiger partial charge is 0.391 e. The summed E-state index contributed by atoms with van der Waals surface area (Å²) in [5, 5.41) is 14.1. The summed E-state index contributed by atoms with van der Waals surface area (Å²) in [7, 11) is 3.84. The minimum Gasteiger partial charge on any atom is -0.354 e. The Hall–Kier alpha value is -3.43. The van der Waals surface area contributed by atoms with Gasteiger partial charge in [-0.1, -0.05) is 0 Å². The fraction of sp³-hybridized carbons (Fsp3) is 0.760. The summed E-state index contributed by atoms with van der Waals surface area (Å²) >= 11 is 0. The first-order valence-electron chi connectivity index (χ1n) is 13.1. The van der Waals surface area contributed by atoms with Gasteiger partial charge in [0.25, 0.3) is 0 Å². The molecule has 0 aromatic carbocycles. The van der Waals surface area contributed by atoms with E-state index in [1.54, 1.807) is 0 Å². The summed E-state index contributed by atoms with van der Waals surface area (Å²) in [6.45, 7) is 5.23. The van der Waals surface area contributed by atoms with Crippen molar-refractivity contribution in [1.29, 1.82) is 0 Å². The average Bonchev–Trinajstić information content (AvgIpc) is 2.78. The number of carbonyl (C=O) groups excluding carboxylic acids is 6. The molecule has 1 atom stereocenters. The summed E-state index contributed by atoms with van der Waals surface area (Å²) < 4.78 is 39.1. The Bertz CT molecular complexity index is 981. The van der Waals surface area contributed by atoms with Gasteiger partial charge in [0.15, 0.2) is 0 Å². The molecule has 0 heterocycles. The number of rotatable bonds is 16. The molecule has 0 aromatic rings. The van der Waals surface area contributed by atoms with Crippen molar-refractivity contribution in [2.75, 3.05) is 33.7 Å². The third-order valence-corrected chi connectivity index (χ3v) is 6.40. The quantitative estimate of drug-likeness (QED) is 0.125. The molecular formula is C25H42F3N7O6. The summed E-state index contributed by atoms with van der Waals surface area (Å²) in [6.07, 6.45) is -3.62. The molecule has 0 bridgehead atoms.